The highest BCUT2D eigenvalue weighted by atomic mass is 79.9. The van der Waals surface area contributed by atoms with Crippen LogP contribution < -0.4 is 5.11 Å². The van der Waals surface area contributed by atoms with Crippen LogP contribution in [0.2, 0.25) is 0 Å². The molecule has 0 bridgehead atoms. The van der Waals surface area contributed by atoms with Gasteiger partial charge in [-0.05, 0) is 24.3 Å². The quantitative estimate of drug-likeness (QED) is 0.779. The Morgan fingerprint density at radius 1 is 1.38 bits per heavy atom. The highest BCUT2D eigenvalue weighted by Crippen LogP contribution is 2.36. The Hall–Kier alpha value is -0.830. The molecule has 1 unspecified atom stereocenters. The number of carboxylic acid groups (broad SMARTS) is 1. The van der Waals surface area contributed by atoms with Crippen molar-refractivity contribution in [3.63, 3.8) is 0 Å². The Bertz CT molecular complexity index is 348. The highest BCUT2D eigenvalue weighted by molar-refractivity contribution is 9.10. The number of halogens is 1. The predicted octanol–water partition coefficient (Wildman–Crippen LogP) is 2.46. The molecule has 0 amide bonds. The van der Waals surface area contributed by atoms with Crippen LogP contribution in [0.25, 0.3) is 0 Å². The van der Waals surface area contributed by atoms with Crippen LogP contribution in [-0.2, 0) is 9.12 Å². The zero-order valence-corrected chi connectivity index (χ0v) is 11.2. The average molecular weight is 284 g/mol. The Morgan fingerprint density at radius 2 is 1.94 bits per heavy atom. The second kappa shape index (κ2) is 5.48. The molecule has 0 aliphatic heterocycles. The van der Waals surface area contributed by atoms with E-state index in [2.05, 4.69) is 29.8 Å². The lowest BCUT2D eigenvalue weighted by Gasteiger charge is -2.30. The van der Waals surface area contributed by atoms with Gasteiger partial charge in [0.1, 0.15) is 0 Å². The number of alkyl halides is 1. The van der Waals surface area contributed by atoms with Gasteiger partial charge in [-0.3, -0.25) is 0 Å². The normalized spacial score (nSPS) is 14.8. The summed E-state index contributed by atoms with van der Waals surface area (Å²) in [5.74, 6) is -0.598. The molecule has 0 aliphatic rings. The number of carbonyl (C=O) groups excluding carboxylic acids is 1. The first-order chi connectivity index (χ1) is 7.47. The van der Waals surface area contributed by atoms with Crippen molar-refractivity contribution in [1.29, 1.82) is 0 Å². The third kappa shape index (κ3) is 3.08. The van der Waals surface area contributed by atoms with Crippen LogP contribution in [-0.4, -0.2) is 5.97 Å². The van der Waals surface area contributed by atoms with Crippen molar-refractivity contribution in [2.75, 3.05) is 0 Å². The smallest absolute Gasteiger partial charge is 0.0899 e. The van der Waals surface area contributed by atoms with E-state index >= 15 is 0 Å². The maximum atomic E-state index is 11.3. The highest BCUT2D eigenvalue weighted by Gasteiger charge is 2.30. The number of hydrogen-bond acceptors (Lipinski definition) is 2. The van der Waals surface area contributed by atoms with Crippen molar-refractivity contribution >= 4 is 21.9 Å². The zero-order chi connectivity index (χ0) is 12.2. The minimum atomic E-state index is -1.07. The molecule has 0 aliphatic carbocycles. The Balaban J connectivity index is 2.93. The molecule has 0 saturated heterocycles. The van der Waals surface area contributed by atoms with Crippen molar-refractivity contribution in [2.24, 2.45) is 5.92 Å². The van der Waals surface area contributed by atoms with Gasteiger partial charge in [0.05, 0.1) is 10.3 Å². The minimum absolute atomic E-state index is 0.472. The number of benzene rings is 1. The van der Waals surface area contributed by atoms with Gasteiger partial charge >= 0.3 is 0 Å². The lowest BCUT2D eigenvalue weighted by atomic mass is 9.91. The summed E-state index contributed by atoms with van der Waals surface area (Å²) in [6.45, 7) is 4.15. The predicted molar refractivity (Wildman–Crippen MR) is 66.1 cm³/mol. The molecule has 1 rings (SSSR count). The van der Waals surface area contributed by atoms with Crippen molar-refractivity contribution in [3.05, 3.63) is 35.9 Å². The van der Waals surface area contributed by atoms with E-state index in [0.717, 1.165) is 12.0 Å². The molecular formula is C13H16BrO2-. The van der Waals surface area contributed by atoms with Crippen molar-refractivity contribution < 1.29 is 9.90 Å². The fourth-order valence-corrected chi connectivity index (χ4v) is 2.05. The fraction of sp³-hybridized carbons (Fsp3) is 0.462. The Morgan fingerprint density at radius 3 is 2.38 bits per heavy atom. The Kier molecular flexibility index (Phi) is 4.54. The van der Waals surface area contributed by atoms with Crippen molar-refractivity contribution in [2.45, 2.75) is 31.0 Å². The minimum Gasteiger partial charge on any atom is -0.548 e. The molecule has 0 radical (unpaired) electrons. The van der Waals surface area contributed by atoms with Crippen molar-refractivity contribution in [1.82, 2.24) is 0 Å². The van der Waals surface area contributed by atoms with Gasteiger partial charge in [0.25, 0.3) is 0 Å². The molecule has 1 aromatic rings. The number of carboxylic acids is 1. The van der Waals surface area contributed by atoms with Crippen LogP contribution in [0, 0.1) is 5.92 Å². The van der Waals surface area contributed by atoms with Gasteiger partial charge in [-0.2, -0.15) is 0 Å². The lowest BCUT2D eigenvalue weighted by Crippen LogP contribution is -2.41. The largest absolute Gasteiger partial charge is 0.548 e. The SMILES string of the molecule is CC(C)CCC(Br)(C(=O)[O-])c1ccccc1. The molecule has 0 N–H and O–H groups in total. The average Bonchev–Trinajstić information content (AvgIpc) is 2.26. The topological polar surface area (TPSA) is 40.1 Å². The summed E-state index contributed by atoms with van der Waals surface area (Å²) in [7, 11) is 0. The van der Waals surface area contributed by atoms with Crippen LogP contribution >= 0.6 is 15.9 Å². The molecule has 1 aromatic carbocycles. The second-order valence-corrected chi connectivity index (χ2v) is 5.74. The summed E-state index contributed by atoms with van der Waals surface area (Å²) < 4.78 is -1.06. The standard InChI is InChI=1S/C13H17BrO2/c1-10(2)8-9-13(14,12(15)16)11-6-4-3-5-7-11/h3-7,10H,8-9H2,1-2H3,(H,15,16)/p-1. The third-order valence-corrected chi connectivity index (χ3v) is 3.80. The molecule has 0 saturated carbocycles. The van der Waals surface area contributed by atoms with E-state index < -0.39 is 10.3 Å². The molecule has 16 heavy (non-hydrogen) atoms. The van der Waals surface area contributed by atoms with Crippen LogP contribution in [0.4, 0.5) is 0 Å². The van der Waals surface area contributed by atoms with Crippen molar-refractivity contribution in [3.8, 4) is 0 Å². The molecule has 2 nitrogen and oxygen atoms in total. The first-order valence-electron chi connectivity index (χ1n) is 5.42. The molecule has 0 aromatic heterocycles. The number of aliphatic carboxylic acids is 1. The molecule has 0 spiro atoms. The summed E-state index contributed by atoms with van der Waals surface area (Å²) >= 11 is 3.32. The van der Waals surface area contributed by atoms with Crippen LogP contribution in [0.1, 0.15) is 32.3 Å². The van der Waals surface area contributed by atoms with Crippen LogP contribution in [0.15, 0.2) is 30.3 Å². The van der Waals surface area contributed by atoms with Crippen LogP contribution in [0.3, 0.4) is 0 Å². The maximum absolute atomic E-state index is 11.3. The summed E-state index contributed by atoms with van der Waals surface area (Å²) in [5, 5.41) is 11.3. The first kappa shape index (κ1) is 13.2. The van der Waals surface area contributed by atoms with Gasteiger partial charge < -0.3 is 9.90 Å². The summed E-state index contributed by atoms with van der Waals surface area (Å²) in [5.41, 5.74) is 0.746. The van der Waals surface area contributed by atoms with Gasteiger partial charge in [-0.15, -0.1) is 0 Å². The molecule has 0 fully saturated rings. The van der Waals surface area contributed by atoms with E-state index in [1.807, 2.05) is 30.3 Å². The summed E-state index contributed by atoms with van der Waals surface area (Å²) in [6, 6.07) is 9.16. The van der Waals surface area contributed by atoms with E-state index in [0.29, 0.717) is 12.3 Å². The number of carbonyl (C=O) groups is 1. The third-order valence-electron chi connectivity index (χ3n) is 2.62. The maximum Gasteiger partial charge on any atom is 0.0899 e. The summed E-state index contributed by atoms with van der Waals surface area (Å²) in [4.78, 5) is 11.3. The zero-order valence-electron chi connectivity index (χ0n) is 9.57. The van der Waals surface area contributed by atoms with E-state index in [4.69, 9.17) is 0 Å². The van der Waals surface area contributed by atoms with Gasteiger partial charge in [-0.25, -0.2) is 0 Å². The monoisotopic (exact) mass is 283 g/mol. The van der Waals surface area contributed by atoms with Gasteiger partial charge in [0.2, 0.25) is 0 Å². The lowest BCUT2D eigenvalue weighted by molar-refractivity contribution is -0.309. The molecule has 1 atom stereocenters. The van der Waals surface area contributed by atoms with Crippen LogP contribution in [0.5, 0.6) is 0 Å². The Labute approximate surface area is 105 Å². The van der Waals surface area contributed by atoms with E-state index in [1.54, 1.807) is 0 Å². The van der Waals surface area contributed by atoms with E-state index in [1.165, 1.54) is 0 Å². The van der Waals surface area contributed by atoms with E-state index in [9.17, 15) is 9.90 Å². The first-order valence-corrected chi connectivity index (χ1v) is 6.22. The molecule has 3 heteroatoms. The number of hydrogen-bond donors (Lipinski definition) is 0. The van der Waals surface area contributed by atoms with Gasteiger partial charge in [-0.1, -0.05) is 60.1 Å². The fourth-order valence-electron chi connectivity index (χ4n) is 1.55. The second-order valence-electron chi connectivity index (χ2n) is 4.39. The number of rotatable bonds is 5. The van der Waals surface area contributed by atoms with E-state index in [-0.39, 0.29) is 0 Å². The molecule has 0 heterocycles. The van der Waals surface area contributed by atoms with Gasteiger partial charge in [0.15, 0.2) is 0 Å². The summed E-state index contributed by atoms with van der Waals surface area (Å²) in [6.07, 6.45) is 1.38. The molecular weight excluding hydrogens is 268 g/mol. The molecule has 88 valence electrons. The van der Waals surface area contributed by atoms with Gasteiger partial charge in [0, 0.05) is 0 Å².